The van der Waals surface area contributed by atoms with Gasteiger partial charge in [0.15, 0.2) is 16.6 Å². The normalized spacial score (nSPS) is 14.3. The molecule has 1 fully saturated rings. The summed E-state index contributed by atoms with van der Waals surface area (Å²) >= 11 is 1.31. The van der Waals surface area contributed by atoms with Gasteiger partial charge in [-0.25, -0.2) is 19.2 Å². The van der Waals surface area contributed by atoms with Gasteiger partial charge in [-0.1, -0.05) is 0 Å². The number of pyridine rings is 2. The van der Waals surface area contributed by atoms with Gasteiger partial charge in [-0.05, 0) is 18.6 Å². The molecule has 0 aliphatic carbocycles. The molecule has 9 nitrogen and oxygen atoms in total. The molecule has 5 heterocycles. The Morgan fingerprint density at radius 2 is 2.13 bits per heavy atom. The highest BCUT2D eigenvalue weighted by Crippen LogP contribution is 2.30. The number of anilines is 1. The average molecular weight is 426 g/mol. The second-order valence-electron chi connectivity index (χ2n) is 7.06. The molecular formula is C19H15FN6O3S. The van der Waals surface area contributed by atoms with E-state index in [0.717, 1.165) is 0 Å². The van der Waals surface area contributed by atoms with Gasteiger partial charge < -0.3 is 10.0 Å². The summed E-state index contributed by atoms with van der Waals surface area (Å²) in [7, 11) is 0. The topological polar surface area (TPSA) is 106 Å². The minimum atomic E-state index is -1.30. The smallest absolute Gasteiger partial charge is 0.341 e. The summed E-state index contributed by atoms with van der Waals surface area (Å²) in [5.74, 6) is -1.03. The lowest BCUT2D eigenvalue weighted by molar-refractivity contribution is 0.0695. The van der Waals surface area contributed by atoms with Gasteiger partial charge in [0, 0.05) is 30.9 Å². The van der Waals surface area contributed by atoms with Crippen LogP contribution in [0.25, 0.3) is 16.2 Å². The van der Waals surface area contributed by atoms with Crippen molar-refractivity contribution in [2.45, 2.75) is 13.0 Å². The summed E-state index contributed by atoms with van der Waals surface area (Å²) in [6.45, 7) is 2.94. The summed E-state index contributed by atoms with van der Waals surface area (Å²) in [6, 6.07) is 1.80. The minimum absolute atomic E-state index is 0.0304. The molecular weight excluding hydrogens is 411 g/mol. The van der Waals surface area contributed by atoms with E-state index in [2.05, 4.69) is 15.1 Å². The number of aromatic carboxylic acids is 1. The van der Waals surface area contributed by atoms with Gasteiger partial charge in [-0.15, -0.1) is 11.3 Å². The lowest BCUT2D eigenvalue weighted by Gasteiger charge is -2.40. The van der Waals surface area contributed by atoms with Gasteiger partial charge in [-0.3, -0.25) is 14.0 Å². The predicted octanol–water partition coefficient (Wildman–Crippen LogP) is 2.25. The van der Waals surface area contributed by atoms with Crippen LogP contribution in [0.5, 0.6) is 0 Å². The number of carboxylic acids is 1. The van der Waals surface area contributed by atoms with Crippen molar-refractivity contribution >= 4 is 34.2 Å². The zero-order valence-electron chi connectivity index (χ0n) is 15.7. The van der Waals surface area contributed by atoms with E-state index < -0.39 is 11.4 Å². The molecule has 152 valence electrons. The molecule has 4 aromatic heterocycles. The Hall–Kier alpha value is -3.60. The summed E-state index contributed by atoms with van der Waals surface area (Å²) < 4.78 is 16.3. The number of carboxylic acid groups (broad SMARTS) is 1. The molecule has 0 amide bonds. The Bertz CT molecular complexity index is 1340. The average Bonchev–Trinajstić information content (AvgIpc) is 3.32. The molecule has 0 unspecified atom stereocenters. The number of aromatic nitrogens is 5. The van der Waals surface area contributed by atoms with Crippen LogP contribution in [-0.2, 0) is 0 Å². The maximum Gasteiger partial charge on any atom is 0.341 e. The second kappa shape index (κ2) is 6.73. The summed E-state index contributed by atoms with van der Waals surface area (Å²) in [5.41, 5.74) is 0.0703. The zero-order valence-corrected chi connectivity index (χ0v) is 16.5. The van der Waals surface area contributed by atoms with Crippen LogP contribution in [0.2, 0.25) is 0 Å². The largest absolute Gasteiger partial charge is 0.477 e. The monoisotopic (exact) mass is 426 g/mol. The summed E-state index contributed by atoms with van der Waals surface area (Å²) in [6.07, 6.45) is 5.40. The van der Waals surface area contributed by atoms with Crippen molar-refractivity contribution in [1.82, 2.24) is 24.3 Å². The third kappa shape index (κ3) is 2.86. The maximum atomic E-state index is 13.2. The molecule has 1 aliphatic heterocycles. The first-order valence-corrected chi connectivity index (χ1v) is 9.95. The number of thiazole rings is 1. The standard InChI is InChI=1S/C19H15FN6O3S/c1-10-4-14(24-7-12(8-24)26-6-11(20)5-22-26)23-17-15(10)16(27)13(18(28)29)9-25(17)19-21-2-3-30-19/h2-6,9,12H,7-8H2,1H3,(H,28,29). The van der Waals surface area contributed by atoms with Gasteiger partial charge in [0.1, 0.15) is 11.4 Å². The van der Waals surface area contributed by atoms with Gasteiger partial charge in [-0.2, -0.15) is 5.10 Å². The number of aryl methyl sites for hydroxylation is 1. The number of hydrogen-bond donors (Lipinski definition) is 1. The SMILES string of the molecule is Cc1cc(N2CC(n3cc(F)cn3)C2)nc2c1c(=O)c(C(=O)O)cn2-c1nccs1. The molecule has 0 spiro atoms. The van der Waals surface area contributed by atoms with E-state index in [9.17, 15) is 19.1 Å². The zero-order chi connectivity index (χ0) is 21.0. The van der Waals surface area contributed by atoms with Gasteiger partial charge in [0.25, 0.3) is 0 Å². The molecule has 0 aromatic carbocycles. The van der Waals surface area contributed by atoms with Gasteiger partial charge in [0.2, 0.25) is 5.43 Å². The minimum Gasteiger partial charge on any atom is -0.477 e. The fourth-order valence-electron chi connectivity index (χ4n) is 3.60. The molecule has 0 saturated carbocycles. The van der Waals surface area contributed by atoms with Crippen molar-refractivity contribution in [1.29, 1.82) is 0 Å². The maximum absolute atomic E-state index is 13.2. The van der Waals surface area contributed by atoms with Crippen molar-refractivity contribution in [2.24, 2.45) is 0 Å². The third-order valence-electron chi connectivity index (χ3n) is 5.13. The number of carbonyl (C=O) groups is 1. The Morgan fingerprint density at radius 1 is 1.33 bits per heavy atom. The van der Waals surface area contributed by atoms with Crippen LogP contribution in [0, 0.1) is 12.7 Å². The van der Waals surface area contributed by atoms with E-state index in [1.807, 2.05) is 4.90 Å². The molecule has 0 bridgehead atoms. The molecule has 0 atom stereocenters. The van der Waals surface area contributed by atoms with Crippen LogP contribution in [-0.4, -0.2) is 48.5 Å². The fourth-order valence-corrected chi connectivity index (χ4v) is 4.21. The van der Waals surface area contributed by atoms with E-state index in [1.165, 1.54) is 29.9 Å². The van der Waals surface area contributed by atoms with E-state index in [0.29, 0.717) is 35.2 Å². The molecule has 30 heavy (non-hydrogen) atoms. The number of fused-ring (bicyclic) bond motifs is 1. The van der Waals surface area contributed by atoms with Crippen LogP contribution < -0.4 is 10.3 Å². The highest BCUT2D eigenvalue weighted by molar-refractivity contribution is 7.12. The lowest BCUT2D eigenvalue weighted by Crippen LogP contribution is -2.48. The van der Waals surface area contributed by atoms with Crippen LogP contribution in [0.3, 0.4) is 0 Å². The third-order valence-corrected chi connectivity index (χ3v) is 5.90. The molecule has 1 saturated heterocycles. The van der Waals surface area contributed by atoms with E-state index >= 15 is 0 Å². The molecule has 11 heteroatoms. The van der Waals surface area contributed by atoms with E-state index in [1.54, 1.807) is 33.8 Å². The quantitative estimate of drug-likeness (QED) is 0.533. The second-order valence-corrected chi connectivity index (χ2v) is 7.93. The van der Waals surface area contributed by atoms with Crippen molar-refractivity contribution in [3.05, 3.63) is 63.4 Å². The Morgan fingerprint density at radius 3 is 2.77 bits per heavy atom. The van der Waals surface area contributed by atoms with Gasteiger partial charge in [0.05, 0.1) is 23.8 Å². The Labute approximate surface area is 172 Å². The first-order chi connectivity index (χ1) is 14.4. The number of rotatable bonds is 4. The van der Waals surface area contributed by atoms with Gasteiger partial charge >= 0.3 is 5.97 Å². The van der Waals surface area contributed by atoms with Crippen molar-refractivity contribution in [3.63, 3.8) is 0 Å². The van der Waals surface area contributed by atoms with Crippen LogP contribution in [0.1, 0.15) is 22.0 Å². The number of hydrogen-bond acceptors (Lipinski definition) is 7. The predicted molar refractivity (Wildman–Crippen MR) is 108 cm³/mol. The van der Waals surface area contributed by atoms with Crippen molar-refractivity contribution < 1.29 is 14.3 Å². The van der Waals surface area contributed by atoms with Crippen molar-refractivity contribution in [3.8, 4) is 5.13 Å². The molecule has 4 aromatic rings. The molecule has 1 aliphatic rings. The lowest BCUT2D eigenvalue weighted by atomic mass is 10.1. The first-order valence-electron chi connectivity index (χ1n) is 9.07. The molecule has 0 radical (unpaired) electrons. The Kier molecular flexibility index (Phi) is 4.13. The highest BCUT2D eigenvalue weighted by atomic mass is 32.1. The van der Waals surface area contributed by atoms with Crippen LogP contribution in [0.15, 0.2) is 41.0 Å². The number of halogens is 1. The van der Waals surface area contributed by atoms with Crippen LogP contribution >= 0.6 is 11.3 Å². The van der Waals surface area contributed by atoms with E-state index in [-0.39, 0.29) is 22.8 Å². The highest BCUT2D eigenvalue weighted by Gasteiger charge is 2.31. The molecule has 1 N–H and O–H groups in total. The summed E-state index contributed by atoms with van der Waals surface area (Å²) in [4.78, 5) is 35.3. The van der Waals surface area contributed by atoms with Crippen molar-refractivity contribution in [2.75, 3.05) is 18.0 Å². The molecule has 5 rings (SSSR count). The summed E-state index contributed by atoms with van der Waals surface area (Å²) in [5, 5.41) is 16.0. The number of nitrogens with zero attached hydrogens (tertiary/aromatic N) is 6. The van der Waals surface area contributed by atoms with Crippen LogP contribution in [0.4, 0.5) is 10.2 Å². The fraction of sp³-hybridized carbons (Fsp3) is 0.211. The van der Waals surface area contributed by atoms with E-state index in [4.69, 9.17) is 0 Å². The first kappa shape index (κ1) is 18.4. The Balaban J connectivity index is 1.61.